The van der Waals surface area contributed by atoms with E-state index < -0.39 is 12.1 Å². The van der Waals surface area contributed by atoms with Gasteiger partial charge in [0, 0.05) is 30.1 Å². The van der Waals surface area contributed by atoms with E-state index in [9.17, 15) is 9.90 Å². The predicted molar refractivity (Wildman–Crippen MR) is 148 cm³/mol. The molecule has 8 heteroatoms. The number of carbonyl (C=O) groups is 1. The third kappa shape index (κ3) is 5.27. The largest absolute Gasteiger partial charge is 0.497 e. The molecule has 2 aliphatic rings. The van der Waals surface area contributed by atoms with Crippen LogP contribution < -0.4 is 24.3 Å². The molecule has 3 aromatic carbocycles. The lowest BCUT2D eigenvalue weighted by atomic mass is 9.87. The van der Waals surface area contributed by atoms with Crippen molar-refractivity contribution in [1.29, 1.82) is 0 Å². The molecule has 2 N–H and O–H groups in total. The summed E-state index contributed by atoms with van der Waals surface area (Å²) in [5, 5.41) is 13.8. The number of ether oxygens (including phenoxy) is 4. The predicted octanol–water partition coefficient (Wildman–Crippen LogP) is 3.64. The highest BCUT2D eigenvalue weighted by Crippen LogP contribution is 2.43. The zero-order chi connectivity index (χ0) is 27.5. The van der Waals surface area contributed by atoms with Crippen molar-refractivity contribution in [1.82, 2.24) is 10.2 Å². The third-order valence-corrected chi connectivity index (χ3v) is 7.90. The SMILES string of the molecule is COc1ccc(OC)c(CC2c3c(OC)ccc(OC)c3CCN2CC(=O)N[C@@H]2c3ccccc3C[C@@H]2O)c1. The minimum Gasteiger partial charge on any atom is -0.497 e. The van der Waals surface area contributed by atoms with Crippen molar-refractivity contribution in [2.24, 2.45) is 0 Å². The summed E-state index contributed by atoms with van der Waals surface area (Å²) in [4.78, 5) is 15.6. The highest BCUT2D eigenvalue weighted by molar-refractivity contribution is 5.79. The molecule has 0 saturated heterocycles. The van der Waals surface area contributed by atoms with Gasteiger partial charge in [-0.05, 0) is 59.9 Å². The van der Waals surface area contributed by atoms with Crippen LogP contribution in [0.5, 0.6) is 23.0 Å². The first-order valence-corrected chi connectivity index (χ1v) is 13.2. The summed E-state index contributed by atoms with van der Waals surface area (Å²) in [6, 6.07) is 16.9. The summed E-state index contributed by atoms with van der Waals surface area (Å²) in [7, 11) is 6.63. The van der Waals surface area contributed by atoms with Gasteiger partial charge in [-0.3, -0.25) is 9.69 Å². The molecule has 0 aromatic heterocycles. The highest BCUT2D eigenvalue weighted by atomic mass is 16.5. The first-order valence-electron chi connectivity index (χ1n) is 13.2. The fourth-order valence-corrected chi connectivity index (χ4v) is 6.03. The zero-order valence-corrected chi connectivity index (χ0v) is 22.9. The molecule has 0 saturated carbocycles. The van der Waals surface area contributed by atoms with E-state index in [0.717, 1.165) is 50.8 Å². The van der Waals surface area contributed by atoms with Gasteiger partial charge in [0.15, 0.2) is 0 Å². The maximum atomic E-state index is 13.5. The summed E-state index contributed by atoms with van der Waals surface area (Å²) >= 11 is 0. The second-order valence-electron chi connectivity index (χ2n) is 10.00. The molecule has 3 aromatic rings. The van der Waals surface area contributed by atoms with Gasteiger partial charge in [0.25, 0.3) is 0 Å². The smallest absolute Gasteiger partial charge is 0.234 e. The summed E-state index contributed by atoms with van der Waals surface area (Å²) in [5.74, 6) is 2.91. The number of fused-ring (bicyclic) bond motifs is 2. The monoisotopic (exact) mass is 532 g/mol. The quantitative estimate of drug-likeness (QED) is 0.435. The normalized spacial score (nSPS) is 20.1. The molecule has 1 aliphatic carbocycles. The number of nitrogens with one attached hydrogen (secondary N) is 1. The number of hydrogen-bond acceptors (Lipinski definition) is 7. The van der Waals surface area contributed by atoms with Gasteiger partial charge >= 0.3 is 0 Å². The molecule has 0 bridgehead atoms. The second-order valence-corrected chi connectivity index (χ2v) is 10.00. The fourth-order valence-electron chi connectivity index (χ4n) is 6.03. The minimum atomic E-state index is -0.644. The van der Waals surface area contributed by atoms with Gasteiger partial charge in [0.2, 0.25) is 5.91 Å². The van der Waals surface area contributed by atoms with Crippen LogP contribution in [0.2, 0.25) is 0 Å². The van der Waals surface area contributed by atoms with Crippen LogP contribution in [0.15, 0.2) is 54.6 Å². The molecule has 0 radical (unpaired) electrons. The van der Waals surface area contributed by atoms with Crippen LogP contribution >= 0.6 is 0 Å². The van der Waals surface area contributed by atoms with Crippen LogP contribution in [-0.4, -0.2) is 63.5 Å². The average molecular weight is 533 g/mol. The number of aliphatic hydroxyl groups excluding tert-OH is 1. The average Bonchev–Trinajstić information content (AvgIpc) is 3.27. The number of benzene rings is 3. The number of nitrogens with zero attached hydrogens (tertiary/aromatic N) is 1. The Labute approximate surface area is 229 Å². The Morgan fingerprint density at radius 2 is 1.67 bits per heavy atom. The fraction of sp³-hybridized carbons (Fsp3) is 0.387. The first kappa shape index (κ1) is 26.8. The zero-order valence-electron chi connectivity index (χ0n) is 22.9. The van der Waals surface area contributed by atoms with Crippen LogP contribution in [0.25, 0.3) is 0 Å². The van der Waals surface area contributed by atoms with E-state index in [1.54, 1.807) is 28.4 Å². The van der Waals surface area contributed by atoms with Gasteiger partial charge in [-0.2, -0.15) is 0 Å². The van der Waals surface area contributed by atoms with Crippen molar-refractivity contribution in [3.8, 4) is 23.0 Å². The van der Waals surface area contributed by atoms with Gasteiger partial charge in [-0.25, -0.2) is 0 Å². The van der Waals surface area contributed by atoms with Gasteiger partial charge in [0.05, 0.1) is 47.1 Å². The van der Waals surface area contributed by atoms with E-state index in [1.807, 2.05) is 54.6 Å². The molecule has 206 valence electrons. The maximum Gasteiger partial charge on any atom is 0.234 e. The number of amides is 1. The van der Waals surface area contributed by atoms with E-state index in [2.05, 4.69) is 10.2 Å². The number of carbonyl (C=O) groups excluding carboxylic acids is 1. The van der Waals surface area contributed by atoms with Crippen molar-refractivity contribution in [3.05, 3.63) is 82.4 Å². The Kier molecular flexibility index (Phi) is 7.95. The van der Waals surface area contributed by atoms with Gasteiger partial charge in [-0.15, -0.1) is 0 Å². The van der Waals surface area contributed by atoms with E-state index in [0.29, 0.717) is 25.8 Å². The van der Waals surface area contributed by atoms with Crippen molar-refractivity contribution < 1.29 is 28.8 Å². The molecular formula is C31H36N2O6. The Morgan fingerprint density at radius 1 is 0.949 bits per heavy atom. The minimum absolute atomic E-state index is 0.135. The van der Waals surface area contributed by atoms with Gasteiger partial charge < -0.3 is 29.4 Å². The molecular weight excluding hydrogens is 496 g/mol. The van der Waals surface area contributed by atoms with Crippen molar-refractivity contribution in [2.75, 3.05) is 41.5 Å². The molecule has 1 unspecified atom stereocenters. The summed E-state index contributed by atoms with van der Waals surface area (Å²) in [6.07, 6.45) is 1.17. The first-order chi connectivity index (χ1) is 19.0. The van der Waals surface area contributed by atoms with Gasteiger partial charge in [-0.1, -0.05) is 24.3 Å². The van der Waals surface area contributed by atoms with E-state index in [1.165, 1.54) is 0 Å². The van der Waals surface area contributed by atoms with E-state index >= 15 is 0 Å². The van der Waals surface area contributed by atoms with Crippen LogP contribution in [0.1, 0.15) is 39.9 Å². The van der Waals surface area contributed by atoms with Crippen molar-refractivity contribution >= 4 is 5.91 Å². The molecule has 1 heterocycles. The Morgan fingerprint density at radius 3 is 2.41 bits per heavy atom. The van der Waals surface area contributed by atoms with Crippen LogP contribution in [0.3, 0.4) is 0 Å². The number of rotatable bonds is 9. The Hall–Kier alpha value is -3.75. The topological polar surface area (TPSA) is 89.5 Å². The standard InChI is InChI=1S/C31H36N2O6/c1-36-21-9-10-26(37-2)20(15-21)16-24-30-23(27(38-3)11-12-28(30)39-4)13-14-33(24)18-29(35)32-31-22-8-6-5-7-19(22)17-25(31)34/h5-12,15,24-25,31,34H,13-14,16-18H2,1-4H3,(H,32,35)/t24?,25-,31+/m0/s1. The molecule has 1 amide bonds. The number of aliphatic hydroxyl groups is 1. The van der Waals surface area contributed by atoms with Crippen molar-refractivity contribution in [3.63, 3.8) is 0 Å². The Balaban J connectivity index is 1.48. The third-order valence-electron chi connectivity index (χ3n) is 7.90. The van der Waals surface area contributed by atoms with Gasteiger partial charge in [0.1, 0.15) is 23.0 Å². The molecule has 0 fully saturated rings. The Bertz CT molecular complexity index is 1340. The summed E-state index contributed by atoms with van der Waals surface area (Å²) in [5.41, 5.74) is 5.10. The molecule has 8 nitrogen and oxygen atoms in total. The second kappa shape index (κ2) is 11.6. The van der Waals surface area contributed by atoms with E-state index in [4.69, 9.17) is 18.9 Å². The molecule has 1 aliphatic heterocycles. The lowest BCUT2D eigenvalue weighted by Gasteiger charge is -2.38. The number of methoxy groups -OCH3 is 4. The molecule has 3 atom stereocenters. The lowest BCUT2D eigenvalue weighted by Crippen LogP contribution is -2.45. The molecule has 0 spiro atoms. The molecule has 5 rings (SSSR count). The summed E-state index contributed by atoms with van der Waals surface area (Å²) < 4.78 is 22.7. The summed E-state index contributed by atoms with van der Waals surface area (Å²) in [6.45, 7) is 0.826. The number of hydrogen-bond donors (Lipinski definition) is 2. The lowest BCUT2D eigenvalue weighted by molar-refractivity contribution is -0.124. The van der Waals surface area contributed by atoms with Crippen LogP contribution in [-0.2, 0) is 24.1 Å². The van der Waals surface area contributed by atoms with Crippen LogP contribution in [0.4, 0.5) is 0 Å². The highest BCUT2D eigenvalue weighted by Gasteiger charge is 2.36. The molecule has 39 heavy (non-hydrogen) atoms. The van der Waals surface area contributed by atoms with Crippen molar-refractivity contribution in [2.45, 2.75) is 37.5 Å². The van der Waals surface area contributed by atoms with E-state index in [-0.39, 0.29) is 18.5 Å². The maximum absolute atomic E-state index is 13.5. The van der Waals surface area contributed by atoms with Crippen LogP contribution in [0, 0.1) is 0 Å².